The van der Waals surface area contributed by atoms with Crippen molar-refractivity contribution in [2.24, 2.45) is 5.92 Å². The van der Waals surface area contributed by atoms with Gasteiger partial charge in [-0.15, -0.1) is 0 Å². The van der Waals surface area contributed by atoms with Crippen LogP contribution in [0.25, 0.3) is 5.69 Å². The first-order chi connectivity index (χ1) is 10.4. The molecule has 0 aromatic carbocycles. The molecule has 1 aliphatic carbocycles. The molecule has 0 spiro atoms. The molecule has 1 aliphatic rings. The fourth-order valence-corrected chi connectivity index (χ4v) is 2.63. The molecule has 0 N–H and O–H groups in total. The van der Waals surface area contributed by atoms with E-state index in [1.54, 1.807) is 43.3 Å². The van der Waals surface area contributed by atoms with Gasteiger partial charge in [-0.3, -0.25) is 9.78 Å². The first-order valence-corrected chi connectivity index (χ1v) is 6.99. The second-order valence-electron chi connectivity index (χ2n) is 5.61. The highest BCUT2D eigenvalue weighted by Gasteiger charge is 2.49. The monoisotopic (exact) mass is 306 g/mol. The molecule has 7 heteroatoms. The van der Waals surface area contributed by atoms with Crippen LogP contribution in [-0.2, 0) is 4.79 Å². The maximum atomic E-state index is 12.9. The van der Waals surface area contributed by atoms with E-state index in [1.807, 2.05) is 6.07 Å². The SMILES string of the molecule is Cc1nn(-c2cccnc2)cc1N(C)C(=O)C1CC(F)(F)C1. The summed E-state index contributed by atoms with van der Waals surface area (Å²) in [5.41, 5.74) is 2.04. The van der Waals surface area contributed by atoms with Gasteiger partial charge in [0.15, 0.2) is 0 Å². The maximum Gasteiger partial charge on any atom is 0.249 e. The lowest BCUT2D eigenvalue weighted by Crippen LogP contribution is -2.45. The first kappa shape index (κ1) is 14.6. The van der Waals surface area contributed by atoms with Gasteiger partial charge >= 0.3 is 0 Å². The molecular formula is C15H16F2N4O. The van der Waals surface area contributed by atoms with E-state index in [0.717, 1.165) is 5.69 Å². The van der Waals surface area contributed by atoms with Crippen molar-refractivity contribution in [1.29, 1.82) is 0 Å². The van der Waals surface area contributed by atoms with Gasteiger partial charge in [0.1, 0.15) is 0 Å². The number of hydrogen-bond acceptors (Lipinski definition) is 3. The van der Waals surface area contributed by atoms with Crippen LogP contribution in [0, 0.1) is 12.8 Å². The standard InChI is InChI=1S/C15H16F2N4O/c1-10-13(9-21(19-10)12-4-3-5-18-8-12)20(2)14(22)11-6-15(16,17)7-11/h3-5,8-9,11H,6-7H2,1-2H3. The summed E-state index contributed by atoms with van der Waals surface area (Å²) in [5.74, 6) is -3.60. The van der Waals surface area contributed by atoms with Crippen LogP contribution < -0.4 is 4.90 Å². The molecule has 5 nitrogen and oxygen atoms in total. The van der Waals surface area contributed by atoms with E-state index in [4.69, 9.17) is 0 Å². The van der Waals surface area contributed by atoms with Crippen molar-refractivity contribution in [2.75, 3.05) is 11.9 Å². The predicted octanol–water partition coefficient (Wildman–Crippen LogP) is 2.58. The lowest BCUT2D eigenvalue weighted by atomic mass is 9.80. The van der Waals surface area contributed by atoms with Gasteiger partial charge in [0, 0.05) is 32.0 Å². The Hall–Kier alpha value is -2.31. The quantitative estimate of drug-likeness (QED) is 0.876. The zero-order valence-corrected chi connectivity index (χ0v) is 12.3. The van der Waals surface area contributed by atoms with Gasteiger partial charge in [0.25, 0.3) is 0 Å². The molecule has 1 fully saturated rings. The van der Waals surface area contributed by atoms with Gasteiger partial charge in [-0.1, -0.05) is 0 Å². The Morgan fingerprint density at radius 2 is 2.18 bits per heavy atom. The van der Waals surface area contributed by atoms with Crippen molar-refractivity contribution in [3.63, 3.8) is 0 Å². The normalized spacial score (nSPS) is 17.1. The van der Waals surface area contributed by atoms with Crippen LogP contribution in [0.15, 0.2) is 30.7 Å². The van der Waals surface area contributed by atoms with Crippen LogP contribution >= 0.6 is 0 Å². The van der Waals surface area contributed by atoms with E-state index in [0.29, 0.717) is 11.4 Å². The van der Waals surface area contributed by atoms with E-state index in [2.05, 4.69) is 10.1 Å². The van der Waals surface area contributed by atoms with Crippen LogP contribution in [0.3, 0.4) is 0 Å². The fourth-order valence-electron chi connectivity index (χ4n) is 2.63. The number of amides is 1. The molecule has 2 aromatic rings. The van der Waals surface area contributed by atoms with E-state index in [1.165, 1.54) is 4.90 Å². The number of aryl methyl sites for hydroxylation is 1. The van der Waals surface area contributed by atoms with Crippen molar-refractivity contribution in [3.05, 3.63) is 36.4 Å². The minimum atomic E-state index is -2.70. The summed E-state index contributed by atoms with van der Waals surface area (Å²) in [6.45, 7) is 1.78. The van der Waals surface area contributed by atoms with Crippen LogP contribution in [-0.4, -0.2) is 33.6 Å². The Morgan fingerprint density at radius 3 is 2.77 bits per heavy atom. The minimum absolute atomic E-state index is 0.292. The molecule has 0 radical (unpaired) electrons. The summed E-state index contributed by atoms with van der Waals surface area (Å²) >= 11 is 0. The lowest BCUT2D eigenvalue weighted by molar-refractivity contribution is -0.147. The van der Waals surface area contributed by atoms with Crippen LogP contribution in [0.4, 0.5) is 14.5 Å². The van der Waals surface area contributed by atoms with Crippen LogP contribution in [0.5, 0.6) is 0 Å². The minimum Gasteiger partial charge on any atom is -0.312 e. The molecule has 0 aliphatic heterocycles. The number of anilines is 1. The second-order valence-corrected chi connectivity index (χ2v) is 5.61. The third kappa shape index (κ3) is 2.58. The molecule has 1 amide bonds. The molecular weight excluding hydrogens is 290 g/mol. The van der Waals surface area contributed by atoms with Crippen LogP contribution in [0.1, 0.15) is 18.5 Å². The van der Waals surface area contributed by atoms with E-state index in [-0.39, 0.29) is 18.7 Å². The highest BCUT2D eigenvalue weighted by molar-refractivity contribution is 5.95. The molecule has 0 bridgehead atoms. The first-order valence-electron chi connectivity index (χ1n) is 6.99. The molecule has 1 saturated carbocycles. The summed E-state index contributed by atoms with van der Waals surface area (Å²) in [6.07, 6.45) is 4.29. The molecule has 2 heterocycles. The van der Waals surface area contributed by atoms with Gasteiger partial charge in [-0.05, 0) is 19.1 Å². The number of alkyl halides is 2. The highest BCUT2D eigenvalue weighted by Crippen LogP contribution is 2.43. The number of aromatic nitrogens is 3. The molecule has 22 heavy (non-hydrogen) atoms. The Kier molecular flexibility index (Phi) is 3.42. The molecule has 0 unspecified atom stereocenters. The number of pyridine rings is 1. The van der Waals surface area contributed by atoms with Crippen molar-refractivity contribution < 1.29 is 13.6 Å². The van der Waals surface area contributed by atoms with Crippen molar-refractivity contribution >= 4 is 11.6 Å². The zero-order valence-electron chi connectivity index (χ0n) is 12.3. The van der Waals surface area contributed by atoms with Gasteiger partial charge in [-0.2, -0.15) is 5.10 Å². The second kappa shape index (κ2) is 5.15. The van der Waals surface area contributed by atoms with Crippen molar-refractivity contribution in [2.45, 2.75) is 25.7 Å². The number of carbonyl (C=O) groups excluding carboxylic acids is 1. The number of carbonyl (C=O) groups is 1. The maximum absolute atomic E-state index is 12.9. The van der Waals surface area contributed by atoms with E-state index >= 15 is 0 Å². The highest BCUT2D eigenvalue weighted by atomic mass is 19.3. The Balaban J connectivity index is 1.80. The average molecular weight is 306 g/mol. The van der Waals surface area contributed by atoms with E-state index in [9.17, 15) is 13.6 Å². The van der Waals surface area contributed by atoms with Gasteiger partial charge < -0.3 is 4.90 Å². The molecule has 3 rings (SSSR count). The number of rotatable bonds is 3. The zero-order chi connectivity index (χ0) is 15.9. The van der Waals surface area contributed by atoms with Crippen molar-refractivity contribution in [3.8, 4) is 5.69 Å². The van der Waals surface area contributed by atoms with Gasteiger partial charge in [0.05, 0.1) is 29.5 Å². The number of halogens is 2. The molecule has 0 saturated heterocycles. The largest absolute Gasteiger partial charge is 0.312 e. The summed E-state index contributed by atoms with van der Waals surface area (Å²) in [6, 6.07) is 3.63. The fraction of sp³-hybridized carbons (Fsp3) is 0.400. The molecule has 0 atom stereocenters. The Bertz CT molecular complexity index is 691. The van der Waals surface area contributed by atoms with E-state index < -0.39 is 11.8 Å². The smallest absolute Gasteiger partial charge is 0.249 e. The topological polar surface area (TPSA) is 51.0 Å². The Morgan fingerprint density at radius 1 is 1.45 bits per heavy atom. The third-order valence-corrected chi connectivity index (χ3v) is 3.91. The summed E-state index contributed by atoms with van der Waals surface area (Å²) in [7, 11) is 1.59. The third-order valence-electron chi connectivity index (χ3n) is 3.91. The van der Waals surface area contributed by atoms with Crippen LogP contribution in [0.2, 0.25) is 0 Å². The molecule has 116 valence electrons. The lowest BCUT2D eigenvalue weighted by Gasteiger charge is -2.35. The Labute approximate surface area is 126 Å². The van der Waals surface area contributed by atoms with Crippen molar-refractivity contribution in [1.82, 2.24) is 14.8 Å². The summed E-state index contributed by atoms with van der Waals surface area (Å²) < 4.78 is 27.5. The summed E-state index contributed by atoms with van der Waals surface area (Å²) in [5, 5.41) is 4.35. The average Bonchev–Trinajstić information content (AvgIpc) is 2.86. The predicted molar refractivity (Wildman–Crippen MR) is 77.2 cm³/mol. The van der Waals surface area contributed by atoms with Gasteiger partial charge in [-0.25, -0.2) is 13.5 Å². The molecule has 2 aromatic heterocycles. The number of hydrogen-bond donors (Lipinski definition) is 0. The summed E-state index contributed by atoms with van der Waals surface area (Å²) in [4.78, 5) is 17.7. The number of nitrogens with zero attached hydrogens (tertiary/aromatic N) is 4. The van der Waals surface area contributed by atoms with Gasteiger partial charge in [0.2, 0.25) is 11.8 Å².